The van der Waals surface area contributed by atoms with Gasteiger partial charge in [0, 0.05) is 24.3 Å². The number of pyridine rings is 1. The highest BCUT2D eigenvalue weighted by atomic mass is 19.1. The van der Waals surface area contributed by atoms with Gasteiger partial charge >= 0.3 is 0 Å². The van der Waals surface area contributed by atoms with E-state index in [2.05, 4.69) is 4.98 Å². The van der Waals surface area contributed by atoms with Crippen LogP contribution in [0.25, 0.3) is 0 Å². The maximum atomic E-state index is 12.9. The molecule has 0 spiro atoms. The minimum absolute atomic E-state index is 0.00918. The maximum absolute atomic E-state index is 12.9. The molecule has 0 saturated carbocycles. The van der Waals surface area contributed by atoms with Crippen LogP contribution in [-0.4, -0.2) is 4.98 Å². The summed E-state index contributed by atoms with van der Waals surface area (Å²) >= 11 is 0. The summed E-state index contributed by atoms with van der Waals surface area (Å²) in [5, 5.41) is 8.63. The lowest BCUT2D eigenvalue weighted by atomic mass is 10.3. The van der Waals surface area contributed by atoms with Crippen LogP contribution in [0.1, 0.15) is 5.69 Å². The molecule has 0 amide bonds. The third kappa shape index (κ3) is 2.75. The minimum atomic E-state index is -0.739. The number of aromatic nitrogens is 1. The molecule has 17 heavy (non-hydrogen) atoms. The molecular weight excluding hydrogens is 226 g/mol. The van der Waals surface area contributed by atoms with E-state index in [0.717, 1.165) is 18.2 Å². The number of ether oxygens (including phenoxy) is 1. The van der Waals surface area contributed by atoms with Crippen molar-refractivity contribution in [2.24, 2.45) is 0 Å². The van der Waals surface area contributed by atoms with Crippen LogP contribution < -0.4 is 4.74 Å². The standard InChI is InChI=1S/C12H6F2N2O/c13-8-4-9(14)6-11(5-8)17-12-3-1-2-10(7-15)16-12/h1-6H. The van der Waals surface area contributed by atoms with Crippen molar-refractivity contribution in [2.75, 3.05) is 0 Å². The van der Waals surface area contributed by atoms with Crippen LogP contribution in [0.2, 0.25) is 0 Å². The van der Waals surface area contributed by atoms with E-state index in [9.17, 15) is 8.78 Å². The van der Waals surface area contributed by atoms with Crippen LogP contribution in [0.3, 0.4) is 0 Å². The Morgan fingerprint density at radius 2 is 1.82 bits per heavy atom. The summed E-state index contributed by atoms with van der Waals surface area (Å²) in [5.41, 5.74) is 0.166. The molecule has 1 aromatic heterocycles. The van der Waals surface area contributed by atoms with Gasteiger partial charge in [0.1, 0.15) is 29.1 Å². The minimum Gasteiger partial charge on any atom is -0.439 e. The lowest BCUT2D eigenvalue weighted by Crippen LogP contribution is -1.91. The molecule has 0 fully saturated rings. The van der Waals surface area contributed by atoms with Gasteiger partial charge in [0.15, 0.2) is 0 Å². The van der Waals surface area contributed by atoms with Gasteiger partial charge in [-0.05, 0) is 6.07 Å². The number of benzene rings is 1. The molecule has 0 atom stereocenters. The van der Waals surface area contributed by atoms with Gasteiger partial charge in [0.25, 0.3) is 0 Å². The van der Waals surface area contributed by atoms with E-state index in [4.69, 9.17) is 10.00 Å². The summed E-state index contributed by atoms with van der Waals surface area (Å²) in [6.07, 6.45) is 0. The predicted octanol–water partition coefficient (Wildman–Crippen LogP) is 3.02. The summed E-state index contributed by atoms with van der Waals surface area (Å²) in [6.45, 7) is 0. The van der Waals surface area contributed by atoms with Gasteiger partial charge < -0.3 is 4.74 Å². The number of halogens is 2. The summed E-state index contributed by atoms with van der Waals surface area (Å²) in [4.78, 5) is 3.82. The second kappa shape index (κ2) is 4.58. The molecule has 0 bridgehead atoms. The average Bonchev–Trinajstić information content (AvgIpc) is 2.28. The lowest BCUT2D eigenvalue weighted by molar-refractivity contribution is 0.451. The summed E-state index contributed by atoms with van der Waals surface area (Å²) in [5.74, 6) is -1.38. The molecular formula is C12H6F2N2O. The second-order valence-corrected chi connectivity index (χ2v) is 3.18. The van der Waals surface area contributed by atoms with E-state index >= 15 is 0 Å². The van der Waals surface area contributed by atoms with Crippen molar-refractivity contribution in [1.82, 2.24) is 4.98 Å². The molecule has 1 heterocycles. The van der Waals surface area contributed by atoms with Gasteiger partial charge in [0.05, 0.1) is 0 Å². The zero-order valence-corrected chi connectivity index (χ0v) is 8.52. The zero-order valence-electron chi connectivity index (χ0n) is 8.52. The van der Waals surface area contributed by atoms with E-state index in [1.807, 2.05) is 6.07 Å². The molecule has 0 saturated heterocycles. The van der Waals surface area contributed by atoms with Crippen molar-refractivity contribution in [3.05, 3.63) is 53.7 Å². The molecule has 3 nitrogen and oxygen atoms in total. The van der Waals surface area contributed by atoms with E-state index in [0.29, 0.717) is 0 Å². The zero-order chi connectivity index (χ0) is 12.3. The highest BCUT2D eigenvalue weighted by Crippen LogP contribution is 2.21. The molecule has 0 aliphatic heterocycles. The highest BCUT2D eigenvalue weighted by Gasteiger charge is 2.04. The maximum Gasteiger partial charge on any atom is 0.220 e. The monoisotopic (exact) mass is 232 g/mol. The van der Waals surface area contributed by atoms with Gasteiger partial charge in [-0.25, -0.2) is 13.8 Å². The highest BCUT2D eigenvalue weighted by molar-refractivity contribution is 5.30. The smallest absolute Gasteiger partial charge is 0.220 e. The van der Waals surface area contributed by atoms with Crippen molar-refractivity contribution >= 4 is 0 Å². The normalized spacial score (nSPS) is 9.71. The molecule has 0 aliphatic rings. The Hall–Kier alpha value is -2.48. The van der Waals surface area contributed by atoms with E-state index in [1.165, 1.54) is 12.1 Å². The van der Waals surface area contributed by atoms with E-state index in [-0.39, 0.29) is 17.3 Å². The number of rotatable bonds is 2. The molecule has 0 radical (unpaired) electrons. The van der Waals surface area contributed by atoms with Gasteiger partial charge in [-0.1, -0.05) is 6.07 Å². The number of nitrogens with zero attached hydrogens (tertiary/aromatic N) is 2. The molecule has 0 unspecified atom stereocenters. The largest absolute Gasteiger partial charge is 0.439 e. The van der Waals surface area contributed by atoms with Crippen molar-refractivity contribution in [1.29, 1.82) is 5.26 Å². The number of nitriles is 1. The topological polar surface area (TPSA) is 45.9 Å². The Labute approximate surface area is 95.9 Å². The predicted molar refractivity (Wildman–Crippen MR) is 55.4 cm³/mol. The molecule has 84 valence electrons. The first-order valence-electron chi connectivity index (χ1n) is 4.68. The molecule has 0 aliphatic carbocycles. The van der Waals surface area contributed by atoms with Crippen molar-refractivity contribution in [3.8, 4) is 17.7 Å². The summed E-state index contributed by atoms with van der Waals surface area (Å²) < 4.78 is 30.9. The Morgan fingerprint density at radius 1 is 1.12 bits per heavy atom. The van der Waals surface area contributed by atoms with Crippen LogP contribution in [-0.2, 0) is 0 Å². The van der Waals surface area contributed by atoms with Crippen LogP contribution in [0.15, 0.2) is 36.4 Å². The first-order valence-corrected chi connectivity index (χ1v) is 4.68. The fourth-order valence-electron chi connectivity index (χ4n) is 1.24. The van der Waals surface area contributed by atoms with Gasteiger partial charge in [0.2, 0.25) is 5.88 Å². The number of hydrogen-bond acceptors (Lipinski definition) is 3. The first kappa shape index (κ1) is 11.0. The van der Waals surface area contributed by atoms with Crippen molar-refractivity contribution < 1.29 is 13.5 Å². The Morgan fingerprint density at radius 3 is 2.47 bits per heavy atom. The van der Waals surface area contributed by atoms with Crippen LogP contribution >= 0.6 is 0 Å². The van der Waals surface area contributed by atoms with E-state index in [1.54, 1.807) is 6.07 Å². The fraction of sp³-hybridized carbons (Fsp3) is 0. The third-order valence-corrected chi connectivity index (χ3v) is 1.90. The lowest BCUT2D eigenvalue weighted by Gasteiger charge is -2.04. The van der Waals surface area contributed by atoms with Gasteiger partial charge in [-0.3, -0.25) is 0 Å². The van der Waals surface area contributed by atoms with Crippen LogP contribution in [0, 0.1) is 23.0 Å². The molecule has 0 N–H and O–H groups in total. The second-order valence-electron chi connectivity index (χ2n) is 3.18. The first-order chi connectivity index (χ1) is 8.17. The van der Waals surface area contributed by atoms with Crippen LogP contribution in [0.5, 0.6) is 11.6 Å². The Kier molecular flexibility index (Phi) is 2.97. The third-order valence-electron chi connectivity index (χ3n) is 1.90. The van der Waals surface area contributed by atoms with E-state index < -0.39 is 11.6 Å². The molecule has 2 aromatic rings. The SMILES string of the molecule is N#Cc1cccc(Oc2cc(F)cc(F)c2)n1. The number of hydrogen-bond donors (Lipinski definition) is 0. The van der Waals surface area contributed by atoms with Gasteiger partial charge in [-0.2, -0.15) is 5.26 Å². The molecule has 1 aromatic carbocycles. The Bertz CT molecular complexity index is 573. The summed E-state index contributed by atoms with van der Waals surface area (Å²) in [6, 6.07) is 9.20. The summed E-state index contributed by atoms with van der Waals surface area (Å²) in [7, 11) is 0. The Balaban J connectivity index is 2.28. The van der Waals surface area contributed by atoms with Crippen molar-refractivity contribution in [3.63, 3.8) is 0 Å². The van der Waals surface area contributed by atoms with Gasteiger partial charge in [-0.15, -0.1) is 0 Å². The molecule has 5 heteroatoms. The van der Waals surface area contributed by atoms with Crippen LogP contribution in [0.4, 0.5) is 8.78 Å². The quantitative estimate of drug-likeness (QED) is 0.799. The average molecular weight is 232 g/mol. The fourth-order valence-corrected chi connectivity index (χ4v) is 1.24. The molecule has 2 rings (SSSR count). The van der Waals surface area contributed by atoms with Crippen molar-refractivity contribution in [2.45, 2.75) is 0 Å².